The predicted molar refractivity (Wildman–Crippen MR) is 74.3 cm³/mol. The minimum atomic E-state index is -3.80. The Bertz CT molecular complexity index is 773. The highest BCUT2D eigenvalue weighted by molar-refractivity contribution is 7.92. The van der Waals surface area contributed by atoms with Gasteiger partial charge in [-0.1, -0.05) is 0 Å². The molecule has 0 fully saturated rings. The van der Waals surface area contributed by atoms with Crippen LogP contribution in [0.3, 0.4) is 0 Å². The van der Waals surface area contributed by atoms with Gasteiger partial charge in [0.1, 0.15) is 4.90 Å². The van der Waals surface area contributed by atoms with Crippen LogP contribution in [-0.4, -0.2) is 18.2 Å². The number of rotatable bonds is 4. The molecule has 0 aliphatic carbocycles. The van der Waals surface area contributed by atoms with Gasteiger partial charge in [0.05, 0.1) is 29.2 Å². The number of benzene rings is 1. The topological polar surface area (TPSA) is 114 Å². The van der Waals surface area contributed by atoms with Crippen LogP contribution in [0.25, 0.3) is 0 Å². The lowest BCUT2D eigenvalue weighted by molar-refractivity contribution is 0.601. The maximum atomic E-state index is 12.2. The third-order valence-corrected chi connectivity index (χ3v) is 4.09. The Labute approximate surface area is 116 Å². The van der Waals surface area contributed by atoms with Gasteiger partial charge in [0.2, 0.25) is 0 Å². The quantitative estimate of drug-likeness (QED) is 0.820. The lowest BCUT2D eigenvalue weighted by atomic mass is 10.2. The second-order valence-corrected chi connectivity index (χ2v) is 5.71. The van der Waals surface area contributed by atoms with Gasteiger partial charge in [-0.2, -0.15) is 10.4 Å². The lowest BCUT2D eigenvalue weighted by Crippen LogP contribution is -2.14. The Morgan fingerprint density at radius 1 is 1.50 bits per heavy atom. The van der Waals surface area contributed by atoms with E-state index in [9.17, 15) is 8.42 Å². The number of nitrogen functional groups attached to an aromatic ring is 1. The van der Waals surface area contributed by atoms with Crippen LogP contribution in [-0.2, 0) is 16.6 Å². The van der Waals surface area contributed by atoms with Crippen LogP contribution in [0.1, 0.15) is 12.5 Å². The van der Waals surface area contributed by atoms with E-state index in [0.717, 1.165) is 0 Å². The monoisotopic (exact) mass is 291 g/mol. The second-order valence-electron chi connectivity index (χ2n) is 4.05. The minimum Gasteiger partial charge on any atom is -0.398 e. The third kappa shape index (κ3) is 2.73. The zero-order valence-electron chi connectivity index (χ0n) is 10.7. The molecule has 0 bridgehead atoms. The molecule has 0 saturated carbocycles. The smallest absolute Gasteiger partial charge is 0.264 e. The number of nitrogens with zero attached hydrogens (tertiary/aromatic N) is 3. The fraction of sp³-hybridized carbons (Fsp3) is 0.167. The third-order valence-electron chi connectivity index (χ3n) is 2.64. The molecule has 0 amide bonds. The van der Waals surface area contributed by atoms with Crippen molar-refractivity contribution >= 4 is 21.4 Å². The average Bonchev–Trinajstić information content (AvgIpc) is 2.85. The van der Waals surface area contributed by atoms with Gasteiger partial charge in [-0.05, 0) is 25.1 Å². The highest BCUT2D eigenvalue weighted by Gasteiger charge is 2.18. The Morgan fingerprint density at radius 2 is 2.25 bits per heavy atom. The van der Waals surface area contributed by atoms with E-state index >= 15 is 0 Å². The molecule has 0 spiro atoms. The Hall–Kier alpha value is -2.53. The van der Waals surface area contributed by atoms with Gasteiger partial charge in [0.15, 0.2) is 0 Å². The molecule has 0 unspecified atom stereocenters. The Kier molecular flexibility index (Phi) is 3.63. The summed E-state index contributed by atoms with van der Waals surface area (Å²) in [5, 5.41) is 12.7. The second kappa shape index (κ2) is 5.22. The summed E-state index contributed by atoms with van der Waals surface area (Å²) in [7, 11) is -3.80. The van der Waals surface area contributed by atoms with E-state index in [4.69, 9.17) is 11.0 Å². The molecule has 1 heterocycles. The summed E-state index contributed by atoms with van der Waals surface area (Å²) in [6.07, 6.45) is 3.00. The van der Waals surface area contributed by atoms with Crippen LogP contribution < -0.4 is 10.5 Å². The molecule has 0 aliphatic rings. The molecular formula is C12H13N5O2S. The molecule has 0 atom stereocenters. The van der Waals surface area contributed by atoms with Gasteiger partial charge in [-0.15, -0.1) is 0 Å². The van der Waals surface area contributed by atoms with Crippen LogP contribution in [0.4, 0.5) is 11.4 Å². The van der Waals surface area contributed by atoms with Crippen LogP contribution in [0.5, 0.6) is 0 Å². The molecule has 3 N–H and O–H groups in total. The van der Waals surface area contributed by atoms with E-state index in [1.165, 1.54) is 24.4 Å². The van der Waals surface area contributed by atoms with Crippen molar-refractivity contribution < 1.29 is 8.42 Å². The Morgan fingerprint density at radius 3 is 2.80 bits per heavy atom. The van der Waals surface area contributed by atoms with Crippen molar-refractivity contribution in [1.29, 1.82) is 5.26 Å². The number of nitrogens with one attached hydrogen (secondary N) is 1. The van der Waals surface area contributed by atoms with Gasteiger partial charge in [-0.3, -0.25) is 9.40 Å². The summed E-state index contributed by atoms with van der Waals surface area (Å²) in [6, 6.07) is 5.93. The van der Waals surface area contributed by atoms with E-state index in [1.807, 2.05) is 13.0 Å². The zero-order valence-corrected chi connectivity index (χ0v) is 11.6. The summed E-state index contributed by atoms with van der Waals surface area (Å²) >= 11 is 0. The summed E-state index contributed by atoms with van der Waals surface area (Å²) in [4.78, 5) is -0.0688. The van der Waals surface area contributed by atoms with E-state index in [-0.39, 0.29) is 10.6 Å². The molecule has 1 aromatic carbocycles. The van der Waals surface area contributed by atoms with Crippen molar-refractivity contribution in [3.8, 4) is 6.07 Å². The molecule has 0 radical (unpaired) electrons. The van der Waals surface area contributed by atoms with Gasteiger partial charge >= 0.3 is 0 Å². The lowest BCUT2D eigenvalue weighted by Gasteiger charge is -2.08. The van der Waals surface area contributed by atoms with Crippen molar-refractivity contribution in [2.75, 3.05) is 10.5 Å². The molecule has 0 aliphatic heterocycles. The fourth-order valence-electron chi connectivity index (χ4n) is 1.66. The largest absolute Gasteiger partial charge is 0.398 e. The van der Waals surface area contributed by atoms with Crippen molar-refractivity contribution in [1.82, 2.24) is 9.78 Å². The molecule has 8 heteroatoms. The molecular weight excluding hydrogens is 278 g/mol. The zero-order chi connectivity index (χ0) is 14.8. The fourth-order valence-corrected chi connectivity index (χ4v) is 2.80. The summed E-state index contributed by atoms with van der Waals surface area (Å²) in [6.45, 7) is 2.53. The molecule has 0 saturated heterocycles. The van der Waals surface area contributed by atoms with Crippen LogP contribution in [0.2, 0.25) is 0 Å². The van der Waals surface area contributed by atoms with E-state index in [1.54, 1.807) is 10.9 Å². The maximum absolute atomic E-state index is 12.2. The molecule has 2 aromatic rings. The SMILES string of the molecule is CCn1cc(NS(=O)(=O)c2ccc(C#N)cc2N)cn1. The van der Waals surface area contributed by atoms with Crippen LogP contribution in [0, 0.1) is 11.3 Å². The van der Waals surface area contributed by atoms with Gasteiger partial charge < -0.3 is 5.73 Å². The van der Waals surface area contributed by atoms with Crippen LogP contribution in [0.15, 0.2) is 35.5 Å². The highest BCUT2D eigenvalue weighted by Crippen LogP contribution is 2.22. The molecule has 7 nitrogen and oxygen atoms in total. The first-order valence-electron chi connectivity index (χ1n) is 5.81. The number of aryl methyl sites for hydroxylation is 1. The van der Waals surface area contributed by atoms with Gasteiger partial charge in [0, 0.05) is 12.7 Å². The van der Waals surface area contributed by atoms with Gasteiger partial charge in [-0.25, -0.2) is 8.42 Å². The number of sulfonamides is 1. The van der Waals surface area contributed by atoms with Crippen molar-refractivity contribution in [3.05, 3.63) is 36.2 Å². The summed E-state index contributed by atoms with van der Waals surface area (Å²) in [5.74, 6) is 0. The first-order valence-corrected chi connectivity index (χ1v) is 7.29. The number of aromatic nitrogens is 2. The molecule has 104 valence electrons. The van der Waals surface area contributed by atoms with Crippen LogP contribution >= 0.6 is 0 Å². The molecule has 20 heavy (non-hydrogen) atoms. The minimum absolute atomic E-state index is 0.0273. The Balaban J connectivity index is 2.33. The first-order chi connectivity index (χ1) is 9.46. The number of hydrogen-bond donors (Lipinski definition) is 2. The van der Waals surface area contributed by atoms with Crippen molar-refractivity contribution in [2.45, 2.75) is 18.4 Å². The maximum Gasteiger partial charge on any atom is 0.264 e. The van der Waals surface area contributed by atoms with Crippen molar-refractivity contribution in [2.24, 2.45) is 0 Å². The van der Waals surface area contributed by atoms with E-state index < -0.39 is 10.0 Å². The van der Waals surface area contributed by atoms with E-state index in [2.05, 4.69) is 9.82 Å². The number of nitriles is 1. The molecule has 2 rings (SSSR count). The van der Waals surface area contributed by atoms with Crippen molar-refractivity contribution in [3.63, 3.8) is 0 Å². The summed E-state index contributed by atoms with van der Waals surface area (Å²) < 4.78 is 28.4. The average molecular weight is 291 g/mol. The normalized spacial score (nSPS) is 11.0. The highest BCUT2D eigenvalue weighted by atomic mass is 32.2. The van der Waals surface area contributed by atoms with Gasteiger partial charge in [0.25, 0.3) is 10.0 Å². The predicted octanol–water partition coefficient (Wildman–Crippen LogP) is 1.16. The standard InChI is InChI=1S/C12H13N5O2S/c1-2-17-8-10(7-15-17)16-20(18,19)12-4-3-9(6-13)5-11(12)14/h3-5,7-8,16H,2,14H2,1H3. The molecule has 1 aromatic heterocycles. The summed E-state index contributed by atoms with van der Waals surface area (Å²) in [5.41, 5.74) is 6.37. The van der Waals surface area contributed by atoms with E-state index in [0.29, 0.717) is 17.8 Å². The first kappa shape index (κ1) is 13.9. The number of nitrogens with two attached hydrogens (primary N) is 1. The number of anilines is 2. The number of hydrogen-bond acceptors (Lipinski definition) is 5.